The number of hydrogen-bond acceptors (Lipinski definition) is 5. The first-order chi connectivity index (χ1) is 13.3. The molecule has 4 rings (SSSR count). The Labute approximate surface area is 165 Å². The quantitative estimate of drug-likeness (QED) is 0.655. The highest BCUT2D eigenvalue weighted by molar-refractivity contribution is 6.05. The van der Waals surface area contributed by atoms with Gasteiger partial charge in [0.1, 0.15) is 6.04 Å². The van der Waals surface area contributed by atoms with Crippen molar-refractivity contribution in [3.05, 3.63) is 34.9 Å². The van der Waals surface area contributed by atoms with Crippen LogP contribution in [0.15, 0.2) is 18.2 Å². The number of carbonyl (C=O) groups excluding carboxylic acids is 3. The molecule has 1 aromatic rings. The Kier molecular flexibility index (Phi) is 4.75. The second-order valence-corrected chi connectivity index (χ2v) is 8.81. The van der Waals surface area contributed by atoms with Gasteiger partial charge in [0, 0.05) is 31.1 Å². The maximum absolute atomic E-state index is 12.7. The minimum atomic E-state index is -0.567. The fourth-order valence-electron chi connectivity index (χ4n) is 4.74. The molecule has 3 amide bonds. The molecule has 2 heterocycles. The van der Waals surface area contributed by atoms with Gasteiger partial charge >= 0.3 is 0 Å². The molecule has 1 saturated heterocycles. The predicted octanol–water partition coefficient (Wildman–Crippen LogP) is 0.911. The van der Waals surface area contributed by atoms with Gasteiger partial charge in [-0.05, 0) is 47.9 Å². The van der Waals surface area contributed by atoms with E-state index in [4.69, 9.17) is 5.73 Å². The molecule has 1 aliphatic carbocycles. The van der Waals surface area contributed by atoms with Gasteiger partial charge in [-0.2, -0.15) is 0 Å². The Hall–Kier alpha value is -2.25. The highest BCUT2D eigenvalue weighted by Gasteiger charge is 2.46. The zero-order valence-corrected chi connectivity index (χ0v) is 16.5. The molecule has 3 unspecified atom stereocenters. The zero-order chi connectivity index (χ0) is 20.1. The van der Waals surface area contributed by atoms with Crippen LogP contribution in [-0.2, 0) is 22.7 Å². The normalized spacial score (nSPS) is 28.8. The van der Waals surface area contributed by atoms with E-state index in [2.05, 4.69) is 30.5 Å². The van der Waals surface area contributed by atoms with Gasteiger partial charge in [-0.15, -0.1) is 0 Å². The van der Waals surface area contributed by atoms with Crippen molar-refractivity contribution in [1.82, 2.24) is 15.5 Å². The Morgan fingerprint density at radius 3 is 2.75 bits per heavy atom. The number of imide groups is 1. The van der Waals surface area contributed by atoms with Gasteiger partial charge < -0.3 is 16.0 Å². The predicted molar refractivity (Wildman–Crippen MR) is 104 cm³/mol. The summed E-state index contributed by atoms with van der Waals surface area (Å²) < 4.78 is 0. The van der Waals surface area contributed by atoms with E-state index in [0.717, 1.165) is 30.6 Å². The maximum Gasteiger partial charge on any atom is 0.255 e. The number of hydrogen-bond donors (Lipinski definition) is 3. The molecule has 0 aromatic heterocycles. The van der Waals surface area contributed by atoms with Gasteiger partial charge in [0.15, 0.2) is 0 Å². The zero-order valence-electron chi connectivity index (χ0n) is 16.5. The van der Waals surface area contributed by atoms with Crippen LogP contribution in [0, 0.1) is 11.3 Å². The number of fused-ring (bicyclic) bond motifs is 1. The second kappa shape index (κ2) is 6.97. The molecule has 0 bridgehead atoms. The molecule has 2 fully saturated rings. The van der Waals surface area contributed by atoms with Crippen molar-refractivity contribution in [2.45, 2.75) is 58.3 Å². The Morgan fingerprint density at radius 2 is 2.07 bits per heavy atom. The van der Waals surface area contributed by atoms with Crippen molar-refractivity contribution in [3.8, 4) is 0 Å². The second-order valence-electron chi connectivity index (χ2n) is 8.81. The molecule has 1 saturated carbocycles. The first kappa shape index (κ1) is 19.1. The monoisotopic (exact) mass is 384 g/mol. The summed E-state index contributed by atoms with van der Waals surface area (Å²) in [7, 11) is 0. The van der Waals surface area contributed by atoms with Crippen molar-refractivity contribution >= 4 is 17.7 Å². The minimum absolute atomic E-state index is 0.130. The number of piperidine rings is 1. The third-order valence-corrected chi connectivity index (χ3v) is 6.90. The summed E-state index contributed by atoms with van der Waals surface area (Å²) in [5, 5.41) is 5.96. The third kappa shape index (κ3) is 3.12. The summed E-state index contributed by atoms with van der Waals surface area (Å²) in [5.41, 5.74) is 8.76. The van der Waals surface area contributed by atoms with E-state index in [1.54, 1.807) is 4.90 Å². The number of rotatable bonds is 5. The average Bonchev–Trinajstić information content (AvgIpc) is 2.97. The lowest BCUT2D eigenvalue weighted by Gasteiger charge is -2.52. The number of nitrogens with one attached hydrogen (secondary N) is 2. The average molecular weight is 384 g/mol. The van der Waals surface area contributed by atoms with Crippen LogP contribution in [0.25, 0.3) is 0 Å². The lowest BCUT2D eigenvalue weighted by atomic mass is 9.58. The molecule has 150 valence electrons. The van der Waals surface area contributed by atoms with Crippen LogP contribution in [0.2, 0.25) is 0 Å². The van der Waals surface area contributed by atoms with Gasteiger partial charge in [0.25, 0.3) is 5.91 Å². The van der Waals surface area contributed by atoms with E-state index in [1.165, 1.54) is 0 Å². The highest BCUT2D eigenvalue weighted by atomic mass is 16.2. The Bertz CT molecular complexity index is 835. The van der Waals surface area contributed by atoms with Gasteiger partial charge in [-0.25, -0.2) is 0 Å². The molecule has 28 heavy (non-hydrogen) atoms. The smallest absolute Gasteiger partial charge is 0.255 e. The highest BCUT2D eigenvalue weighted by Crippen LogP contribution is 2.45. The van der Waals surface area contributed by atoms with E-state index in [9.17, 15) is 14.4 Å². The summed E-state index contributed by atoms with van der Waals surface area (Å²) in [6.07, 6.45) is 1.75. The Balaban J connectivity index is 1.41. The summed E-state index contributed by atoms with van der Waals surface area (Å²) in [6.45, 7) is 6.39. The first-order valence-electron chi connectivity index (χ1n) is 10.0. The number of nitrogens with zero attached hydrogens (tertiary/aromatic N) is 1. The van der Waals surface area contributed by atoms with E-state index >= 15 is 0 Å². The molecule has 7 nitrogen and oxygen atoms in total. The lowest BCUT2D eigenvalue weighted by molar-refractivity contribution is -0.136. The summed E-state index contributed by atoms with van der Waals surface area (Å²) in [5.74, 6) is -0.213. The van der Waals surface area contributed by atoms with Crippen LogP contribution >= 0.6 is 0 Å². The van der Waals surface area contributed by atoms with Crippen LogP contribution in [0.3, 0.4) is 0 Å². The van der Waals surface area contributed by atoms with E-state index in [0.29, 0.717) is 30.5 Å². The molecular weight excluding hydrogens is 356 g/mol. The molecule has 1 aromatic carbocycles. The fraction of sp³-hybridized carbons (Fsp3) is 0.571. The Morgan fingerprint density at radius 1 is 1.29 bits per heavy atom. The van der Waals surface area contributed by atoms with Crippen molar-refractivity contribution in [2.75, 3.05) is 6.54 Å². The summed E-state index contributed by atoms with van der Waals surface area (Å²) >= 11 is 0. The number of amides is 3. The van der Waals surface area contributed by atoms with Gasteiger partial charge in [0.2, 0.25) is 11.8 Å². The van der Waals surface area contributed by atoms with E-state index < -0.39 is 6.04 Å². The number of nitrogens with two attached hydrogens (primary N) is 1. The maximum atomic E-state index is 12.7. The van der Waals surface area contributed by atoms with Crippen molar-refractivity contribution in [1.29, 1.82) is 0 Å². The standard InChI is InChI=1S/C21H28N4O3/c1-21(2)14(9-22)8-17(21)23-10-12-3-4-15-13(7-12)11-25(20(15)28)16-5-6-18(26)24-19(16)27/h3-4,7,14,16-17,23H,5-6,8-11,22H2,1-2H3,(H,24,26,27). The molecule has 0 spiro atoms. The van der Waals surface area contributed by atoms with Crippen molar-refractivity contribution in [2.24, 2.45) is 17.1 Å². The SMILES string of the molecule is CC1(C)C(CN)CC1NCc1ccc2c(c1)CN(C1CCC(=O)NC1=O)C2=O. The molecule has 0 radical (unpaired) electrons. The third-order valence-electron chi connectivity index (χ3n) is 6.90. The molecule has 3 aliphatic rings. The van der Waals surface area contributed by atoms with E-state index in [-0.39, 0.29) is 29.6 Å². The van der Waals surface area contributed by atoms with Crippen LogP contribution in [-0.4, -0.2) is 41.2 Å². The van der Waals surface area contributed by atoms with Crippen LogP contribution < -0.4 is 16.4 Å². The molecular formula is C21H28N4O3. The topological polar surface area (TPSA) is 105 Å². The fourth-order valence-corrected chi connectivity index (χ4v) is 4.74. The van der Waals surface area contributed by atoms with Gasteiger partial charge in [-0.1, -0.05) is 26.0 Å². The molecule has 2 aliphatic heterocycles. The van der Waals surface area contributed by atoms with Crippen molar-refractivity contribution < 1.29 is 14.4 Å². The summed E-state index contributed by atoms with van der Waals surface area (Å²) in [4.78, 5) is 37.8. The molecule has 4 N–H and O–H groups in total. The van der Waals surface area contributed by atoms with Crippen LogP contribution in [0.4, 0.5) is 0 Å². The first-order valence-corrected chi connectivity index (χ1v) is 10.0. The van der Waals surface area contributed by atoms with Crippen LogP contribution in [0.5, 0.6) is 0 Å². The minimum Gasteiger partial charge on any atom is -0.330 e. The summed E-state index contributed by atoms with van der Waals surface area (Å²) in [6, 6.07) is 5.76. The lowest BCUT2D eigenvalue weighted by Crippen LogP contribution is -2.58. The van der Waals surface area contributed by atoms with Crippen molar-refractivity contribution in [3.63, 3.8) is 0 Å². The molecule has 7 heteroatoms. The number of benzene rings is 1. The van der Waals surface area contributed by atoms with E-state index in [1.807, 2.05) is 12.1 Å². The van der Waals surface area contributed by atoms with Gasteiger partial charge in [-0.3, -0.25) is 19.7 Å². The van der Waals surface area contributed by atoms with Gasteiger partial charge in [0.05, 0.1) is 0 Å². The largest absolute Gasteiger partial charge is 0.330 e. The number of carbonyl (C=O) groups is 3. The molecule has 3 atom stereocenters. The van der Waals surface area contributed by atoms with Crippen LogP contribution in [0.1, 0.15) is 54.6 Å².